The number of benzene rings is 2. The van der Waals surface area contributed by atoms with E-state index in [1.165, 1.54) is 4.70 Å². The molecule has 0 saturated carbocycles. The van der Waals surface area contributed by atoms with Crippen molar-refractivity contribution in [2.24, 2.45) is 0 Å². The summed E-state index contributed by atoms with van der Waals surface area (Å²) in [5.41, 5.74) is 2.94. The second-order valence-corrected chi connectivity index (χ2v) is 9.17. The van der Waals surface area contributed by atoms with Gasteiger partial charge in [-0.3, -0.25) is 9.59 Å². The van der Waals surface area contributed by atoms with Crippen LogP contribution >= 0.6 is 11.3 Å². The maximum absolute atomic E-state index is 13.2. The number of carbonyl (C=O) groups is 2. The number of thiazole rings is 1. The second kappa shape index (κ2) is 8.19. The predicted molar refractivity (Wildman–Crippen MR) is 120 cm³/mol. The number of hydrogen-bond donors (Lipinski definition) is 0. The van der Waals surface area contributed by atoms with Gasteiger partial charge in [0.25, 0.3) is 0 Å². The molecule has 5 nitrogen and oxygen atoms in total. The van der Waals surface area contributed by atoms with Gasteiger partial charge in [-0.25, -0.2) is 4.98 Å². The average Bonchev–Trinajstić information content (AvgIpc) is 3.40. The van der Waals surface area contributed by atoms with Crippen LogP contribution in [0.1, 0.15) is 48.7 Å². The number of fused-ring (bicyclic) bond motifs is 1. The molecule has 0 N–H and O–H groups in total. The number of piperidine rings is 1. The molecule has 30 heavy (non-hydrogen) atoms. The molecule has 154 valence electrons. The minimum absolute atomic E-state index is 0.0742. The van der Waals surface area contributed by atoms with E-state index in [4.69, 9.17) is 4.98 Å². The number of anilines is 1. The summed E-state index contributed by atoms with van der Waals surface area (Å²) in [6.07, 6.45) is 5.08. The summed E-state index contributed by atoms with van der Waals surface area (Å²) in [5.74, 6) is 0.342. The first-order valence-corrected chi connectivity index (χ1v) is 11.5. The molecule has 2 aliphatic rings. The van der Waals surface area contributed by atoms with Crippen molar-refractivity contribution in [3.63, 3.8) is 0 Å². The molecule has 6 heteroatoms. The van der Waals surface area contributed by atoms with Crippen molar-refractivity contribution < 1.29 is 9.59 Å². The number of nitrogens with zero attached hydrogens (tertiary/aromatic N) is 3. The van der Waals surface area contributed by atoms with Gasteiger partial charge in [0.1, 0.15) is 5.01 Å². The average molecular weight is 420 g/mol. The summed E-state index contributed by atoms with van der Waals surface area (Å²) in [6, 6.07) is 16.1. The Labute approximate surface area is 180 Å². The second-order valence-electron chi connectivity index (χ2n) is 8.11. The van der Waals surface area contributed by atoms with Crippen LogP contribution in [0.5, 0.6) is 0 Å². The Kier molecular flexibility index (Phi) is 5.25. The van der Waals surface area contributed by atoms with Crippen LogP contribution in [0.3, 0.4) is 0 Å². The van der Waals surface area contributed by atoms with Crippen LogP contribution in [-0.4, -0.2) is 34.8 Å². The highest BCUT2D eigenvalue weighted by Crippen LogP contribution is 2.36. The summed E-state index contributed by atoms with van der Waals surface area (Å²) < 4.78 is 1.18. The standard InChI is InChI=1S/C24H25N3O2S/c28-22-9-5-15-26(22)18-12-10-17(11-13-18)16-23(29)27-14-4-3-7-20(27)24-25-19-6-1-2-8-21(19)30-24/h1-2,6,8,10-13,20H,3-5,7,9,14-16H2. The molecule has 2 aromatic carbocycles. The summed E-state index contributed by atoms with van der Waals surface area (Å²) >= 11 is 1.71. The van der Waals surface area contributed by atoms with Crippen LogP contribution in [0.4, 0.5) is 5.69 Å². The normalized spacial score (nSPS) is 19.6. The first-order chi connectivity index (χ1) is 14.7. The zero-order chi connectivity index (χ0) is 20.5. The van der Waals surface area contributed by atoms with Crippen molar-refractivity contribution in [3.05, 3.63) is 59.1 Å². The van der Waals surface area contributed by atoms with Gasteiger partial charge in [0.15, 0.2) is 0 Å². The van der Waals surface area contributed by atoms with E-state index in [-0.39, 0.29) is 17.9 Å². The topological polar surface area (TPSA) is 53.5 Å². The number of amides is 2. The van der Waals surface area contributed by atoms with E-state index in [0.717, 1.165) is 60.5 Å². The highest BCUT2D eigenvalue weighted by Gasteiger charge is 2.30. The lowest BCUT2D eigenvalue weighted by Gasteiger charge is -2.34. The summed E-state index contributed by atoms with van der Waals surface area (Å²) in [5, 5.41) is 1.05. The Morgan fingerprint density at radius 2 is 1.87 bits per heavy atom. The Morgan fingerprint density at radius 3 is 2.63 bits per heavy atom. The summed E-state index contributed by atoms with van der Waals surface area (Å²) in [7, 11) is 0. The third kappa shape index (κ3) is 3.72. The van der Waals surface area contributed by atoms with Gasteiger partial charge in [0.2, 0.25) is 11.8 Å². The molecular formula is C24H25N3O2S. The van der Waals surface area contributed by atoms with Crippen LogP contribution in [0.2, 0.25) is 0 Å². The Balaban J connectivity index is 1.32. The van der Waals surface area contributed by atoms with Gasteiger partial charge in [-0.1, -0.05) is 24.3 Å². The summed E-state index contributed by atoms with van der Waals surface area (Å²) in [4.78, 5) is 33.8. The molecule has 3 heterocycles. The molecule has 0 radical (unpaired) electrons. The van der Waals surface area contributed by atoms with Gasteiger partial charge >= 0.3 is 0 Å². The van der Waals surface area contributed by atoms with Crippen molar-refractivity contribution in [3.8, 4) is 0 Å². The van der Waals surface area contributed by atoms with Crippen molar-refractivity contribution in [1.82, 2.24) is 9.88 Å². The lowest BCUT2D eigenvalue weighted by Crippen LogP contribution is -2.39. The zero-order valence-electron chi connectivity index (χ0n) is 16.9. The van der Waals surface area contributed by atoms with Gasteiger partial charge in [0.05, 0.1) is 22.7 Å². The maximum Gasteiger partial charge on any atom is 0.227 e. The van der Waals surface area contributed by atoms with Crippen molar-refractivity contribution in [2.45, 2.75) is 44.6 Å². The minimum Gasteiger partial charge on any atom is -0.333 e. The molecule has 0 bridgehead atoms. The third-order valence-electron chi connectivity index (χ3n) is 6.10. The molecule has 1 aromatic heterocycles. The largest absolute Gasteiger partial charge is 0.333 e. The first kappa shape index (κ1) is 19.2. The number of aromatic nitrogens is 1. The lowest BCUT2D eigenvalue weighted by atomic mass is 10.0. The first-order valence-electron chi connectivity index (χ1n) is 10.7. The van der Waals surface area contributed by atoms with Gasteiger partial charge < -0.3 is 9.80 Å². The van der Waals surface area contributed by atoms with Crippen LogP contribution in [0.15, 0.2) is 48.5 Å². The number of rotatable bonds is 4. The highest BCUT2D eigenvalue weighted by molar-refractivity contribution is 7.18. The van der Waals surface area contributed by atoms with E-state index >= 15 is 0 Å². The molecule has 0 spiro atoms. The lowest BCUT2D eigenvalue weighted by molar-refractivity contribution is -0.134. The molecule has 1 unspecified atom stereocenters. The van der Waals surface area contributed by atoms with Crippen LogP contribution in [0, 0.1) is 0 Å². The Bertz CT molecular complexity index is 1040. The van der Waals surface area contributed by atoms with Crippen molar-refractivity contribution >= 4 is 39.1 Å². The van der Waals surface area contributed by atoms with Crippen molar-refractivity contribution in [2.75, 3.05) is 18.0 Å². The summed E-state index contributed by atoms with van der Waals surface area (Å²) in [6.45, 7) is 1.58. The monoisotopic (exact) mass is 419 g/mol. The van der Waals surface area contributed by atoms with Gasteiger partial charge in [-0.15, -0.1) is 11.3 Å². The fourth-order valence-electron chi connectivity index (χ4n) is 4.51. The molecule has 2 aliphatic heterocycles. The van der Waals surface area contributed by atoms with E-state index in [2.05, 4.69) is 6.07 Å². The molecule has 1 atom stereocenters. The van der Waals surface area contributed by atoms with Crippen LogP contribution in [0.25, 0.3) is 10.2 Å². The predicted octanol–water partition coefficient (Wildman–Crippen LogP) is 4.72. The van der Waals surface area contributed by atoms with Crippen molar-refractivity contribution in [1.29, 1.82) is 0 Å². The van der Waals surface area contributed by atoms with Gasteiger partial charge in [-0.05, 0) is 55.5 Å². The molecular weight excluding hydrogens is 394 g/mol. The molecule has 2 fully saturated rings. The van der Waals surface area contributed by atoms with E-state index in [1.54, 1.807) is 11.3 Å². The molecule has 2 amide bonds. The number of carbonyl (C=O) groups excluding carboxylic acids is 2. The fraction of sp³-hybridized carbons (Fsp3) is 0.375. The highest BCUT2D eigenvalue weighted by atomic mass is 32.1. The SMILES string of the molecule is O=C1CCCN1c1ccc(CC(=O)N2CCCCC2c2nc3ccccc3s2)cc1. The number of para-hydroxylation sites is 1. The van der Waals surface area contributed by atoms with Gasteiger partial charge in [0, 0.05) is 25.2 Å². The van der Waals surface area contributed by atoms with E-state index in [0.29, 0.717) is 12.8 Å². The van der Waals surface area contributed by atoms with Crippen LogP contribution in [-0.2, 0) is 16.0 Å². The van der Waals surface area contributed by atoms with Crippen LogP contribution < -0.4 is 4.90 Å². The molecule has 0 aliphatic carbocycles. The smallest absolute Gasteiger partial charge is 0.227 e. The minimum atomic E-state index is 0.0742. The van der Waals surface area contributed by atoms with E-state index < -0.39 is 0 Å². The van der Waals surface area contributed by atoms with E-state index in [9.17, 15) is 9.59 Å². The van der Waals surface area contributed by atoms with E-state index in [1.807, 2.05) is 52.3 Å². The third-order valence-corrected chi connectivity index (χ3v) is 7.23. The fourth-order valence-corrected chi connectivity index (χ4v) is 5.63. The number of hydrogen-bond acceptors (Lipinski definition) is 4. The Morgan fingerprint density at radius 1 is 1.03 bits per heavy atom. The molecule has 5 rings (SSSR count). The quantitative estimate of drug-likeness (QED) is 0.615. The number of likely N-dealkylation sites (tertiary alicyclic amines) is 1. The molecule has 3 aromatic rings. The van der Waals surface area contributed by atoms with Gasteiger partial charge in [-0.2, -0.15) is 0 Å². The zero-order valence-corrected chi connectivity index (χ0v) is 17.7. The maximum atomic E-state index is 13.2. The Hall–Kier alpha value is -2.73. The molecule has 2 saturated heterocycles.